The lowest BCUT2D eigenvalue weighted by molar-refractivity contribution is -0.387. The third-order valence-electron chi connectivity index (χ3n) is 3.56. The molecule has 0 atom stereocenters. The summed E-state index contributed by atoms with van der Waals surface area (Å²) in [4.78, 5) is 9.95. The smallest absolute Gasteiger partial charge is 0.290 e. The third kappa shape index (κ3) is 4.47. The van der Waals surface area contributed by atoms with Crippen LogP contribution in [0.3, 0.4) is 0 Å². The van der Waals surface area contributed by atoms with Crippen LogP contribution in [0.4, 0.5) is 5.69 Å². The number of hydrogen-bond donors (Lipinski definition) is 0. The molecular weight excluding hydrogens is 368 g/mol. The molecule has 0 N–H and O–H groups in total. The molecule has 0 bridgehead atoms. The number of nitrogens with zero attached hydrogens (tertiary/aromatic N) is 2. The van der Waals surface area contributed by atoms with Crippen LogP contribution >= 0.6 is 11.6 Å². The number of nitro groups is 1. The highest BCUT2D eigenvalue weighted by Crippen LogP contribution is 2.29. The fraction of sp³-hybridized carbons (Fsp3) is 0.250. The van der Waals surface area contributed by atoms with Gasteiger partial charge < -0.3 is 4.74 Å². The zero-order valence-corrected chi connectivity index (χ0v) is 15.2. The van der Waals surface area contributed by atoms with Crippen molar-refractivity contribution in [2.45, 2.75) is 11.8 Å². The van der Waals surface area contributed by atoms with Gasteiger partial charge in [0.05, 0.1) is 4.92 Å². The van der Waals surface area contributed by atoms with Gasteiger partial charge in [0.2, 0.25) is 10.0 Å². The van der Waals surface area contributed by atoms with Crippen LogP contribution in [0.2, 0.25) is 5.02 Å². The Bertz CT molecular complexity index is 886. The number of benzene rings is 2. The van der Waals surface area contributed by atoms with E-state index in [9.17, 15) is 18.5 Å². The van der Waals surface area contributed by atoms with E-state index in [0.29, 0.717) is 5.75 Å². The molecule has 0 saturated carbocycles. The minimum Gasteiger partial charge on any atom is -0.492 e. The SMILES string of the molecule is Cc1ccccc1OCCN(C)S(=O)(=O)c1ccc(Cl)cc1[N+](=O)[O-]. The quantitative estimate of drug-likeness (QED) is 0.540. The summed E-state index contributed by atoms with van der Waals surface area (Å²) < 4.78 is 31.8. The van der Waals surface area contributed by atoms with Crippen molar-refractivity contribution in [3.63, 3.8) is 0 Å². The van der Waals surface area contributed by atoms with Crippen molar-refractivity contribution in [1.82, 2.24) is 4.31 Å². The molecule has 2 aromatic rings. The van der Waals surface area contributed by atoms with Gasteiger partial charge in [-0.05, 0) is 30.7 Å². The lowest BCUT2D eigenvalue weighted by atomic mass is 10.2. The highest BCUT2D eigenvalue weighted by Gasteiger charge is 2.29. The van der Waals surface area contributed by atoms with Crippen LogP contribution in [-0.4, -0.2) is 37.8 Å². The van der Waals surface area contributed by atoms with E-state index in [2.05, 4.69) is 0 Å². The summed E-state index contributed by atoms with van der Waals surface area (Å²) in [6, 6.07) is 10.8. The topological polar surface area (TPSA) is 89.8 Å². The first-order chi connectivity index (χ1) is 11.7. The summed E-state index contributed by atoms with van der Waals surface area (Å²) in [5.41, 5.74) is 0.375. The predicted molar refractivity (Wildman–Crippen MR) is 94.6 cm³/mol. The maximum absolute atomic E-state index is 12.6. The molecule has 9 heteroatoms. The Morgan fingerprint density at radius 1 is 1.24 bits per heavy atom. The number of halogens is 1. The molecule has 2 aromatic carbocycles. The second kappa shape index (κ2) is 7.81. The zero-order chi connectivity index (χ0) is 18.6. The Hall–Kier alpha value is -2.16. The van der Waals surface area contributed by atoms with Crippen LogP contribution in [-0.2, 0) is 10.0 Å². The van der Waals surface area contributed by atoms with E-state index in [1.54, 1.807) is 6.07 Å². The number of nitro benzene ring substituents is 1. The van der Waals surface area contributed by atoms with Gasteiger partial charge >= 0.3 is 0 Å². The van der Waals surface area contributed by atoms with Crippen molar-refractivity contribution >= 4 is 27.3 Å². The van der Waals surface area contributed by atoms with Gasteiger partial charge in [0.25, 0.3) is 5.69 Å². The summed E-state index contributed by atoms with van der Waals surface area (Å²) in [6.45, 7) is 2.03. The Labute approximate surface area is 151 Å². The molecule has 2 rings (SSSR count). The molecule has 0 fully saturated rings. The molecule has 0 spiro atoms. The Morgan fingerprint density at radius 2 is 1.92 bits per heavy atom. The van der Waals surface area contributed by atoms with Crippen LogP contribution in [0, 0.1) is 17.0 Å². The van der Waals surface area contributed by atoms with Crippen molar-refractivity contribution in [3.05, 3.63) is 63.2 Å². The molecule has 0 aromatic heterocycles. The Kier molecular flexibility index (Phi) is 5.99. The molecule has 0 radical (unpaired) electrons. The normalized spacial score (nSPS) is 11.5. The predicted octanol–water partition coefficient (Wildman–Crippen LogP) is 3.26. The van der Waals surface area contributed by atoms with E-state index in [4.69, 9.17) is 16.3 Å². The monoisotopic (exact) mass is 384 g/mol. The van der Waals surface area contributed by atoms with Gasteiger partial charge in [-0.25, -0.2) is 8.42 Å². The molecule has 7 nitrogen and oxygen atoms in total. The minimum atomic E-state index is -4.04. The summed E-state index contributed by atoms with van der Waals surface area (Å²) in [5.74, 6) is 0.658. The largest absolute Gasteiger partial charge is 0.492 e. The van der Waals surface area contributed by atoms with Gasteiger partial charge in [0.1, 0.15) is 12.4 Å². The molecule has 134 valence electrons. The van der Waals surface area contributed by atoms with Crippen LogP contribution in [0.25, 0.3) is 0 Å². The van der Waals surface area contributed by atoms with E-state index in [0.717, 1.165) is 22.0 Å². The number of likely N-dealkylation sites (N-methyl/N-ethyl adjacent to an activating group) is 1. The molecule has 0 heterocycles. The zero-order valence-electron chi connectivity index (χ0n) is 13.7. The first-order valence-electron chi connectivity index (χ1n) is 7.32. The highest BCUT2D eigenvalue weighted by molar-refractivity contribution is 7.89. The average molecular weight is 385 g/mol. The number of rotatable bonds is 7. The number of aryl methyl sites for hydroxylation is 1. The van der Waals surface area contributed by atoms with Gasteiger partial charge in [-0.2, -0.15) is 4.31 Å². The maximum atomic E-state index is 12.6. The molecular formula is C16H17ClN2O5S. The molecule has 0 aliphatic heterocycles. The van der Waals surface area contributed by atoms with Crippen molar-refractivity contribution in [3.8, 4) is 5.75 Å². The Balaban J connectivity index is 2.14. The second-order valence-electron chi connectivity index (χ2n) is 5.31. The standard InChI is InChI=1S/C16H17ClN2O5S/c1-12-5-3-4-6-15(12)24-10-9-18(2)25(22,23)16-8-7-13(17)11-14(16)19(20)21/h3-8,11H,9-10H2,1-2H3. The fourth-order valence-electron chi connectivity index (χ4n) is 2.14. The van der Waals surface area contributed by atoms with E-state index >= 15 is 0 Å². The van der Waals surface area contributed by atoms with Crippen molar-refractivity contribution in [2.24, 2.45) is 0 Å². The number of sulfonamides is 1. The molecule has 0 aliphatic rings. The third-order valence-corrected chi connectivity index (χ3v) is 5.70. The van der Waals surface area contributed by atoms with Crippen molar-refractivity contribution < 1.29 is 18.1 Å². The van der Waals surface area contributed by atoms with Crippen molar-refractivity contribution in [1.29, 1.82) is 0 Å². The second-order valence-corrected chi connectivity index (χ2v) is 7.76. The van der Waals surface area contributed by atoms with Crippen LogP contribution in [0.1, 0.15) is 5.56 Å². The van der Waals surface area contributed by atoms with Gasteiger partial charge in [-0.1, -0.05) is 29.8 Å². The van der Waals surface area contributed by atoms with Crippen LogP contribution < -0.4 is 4.74 Å². The van der Waals surface area contributed by atoms with Gasteiger partial charge in [-0.15, -0.1) is 0 Å². The van der Waals surface area contributed by atoms with E-state index < -0.39 is 25.5 Å². The molecule has 0 unspecified atom stereocenters. The summed E-state index contributed by atoms with van der Waals surface area (Å²) in [7, 11) is -2.70. The molecule has 25 heavy (non-hydrogen) atoms. The minimum absolute atomic E-state index is 0.0381. The van der Waals surface area contributed by atoms with E-state index in [1.807, 2.05) is 25.1 Å². The number of para-hydroxylation sites is 1. The van der Waals surface area contributed by atoms with Gasteiger partial charge in [0.15, 0.2) is 4.90 Å². The van der Waals surface area contributed by atoms with Crippen LogP contribution in [0.15, 0.2) is 47.4 Å². The first-order valence-corrected chi connectivity index (χ1v) is 9.14. The first kappa shape index (κ1) is 19.2. The van der Waals surface area contributed by atoms with Gasteiger partial charge in [-0.3, -0.25) is 10.1 Å². The summed E-state index contributed by atoms with van der Waals surface area (Å²) in [6.07, 6.45) is 0. The average Bonchev–Trinajstić information content (AvgIpc) is 2.56. The lowest BCUT2D eigenvalue weighted by Crippen LogP contribution is -2.31. The van der Waals surface area contributed by atoms with E-state index in [1.165, 1.54) is 13.1 Å². The fourth-order valence-corrected chi connectivity index (χ4v) is 3.60. The van der Waals surface area contributed by atoms with Crippen LogP contribution in [0.5, 0.6) is 5.75 Å². The molecule has 0 saturated heterocycles. The number of hydrogen-bond acceptors (Lipinski definition) is 5. The van der Waals surface area contributed by atoms with Crippen molar-refractivity contribution in [2.75, 3.05) is 20.2 Å². The molecule has 0 amide bonds. The maximum Gasteiger partial charge on any atom is 0.290 e. The highest BCUT2D eigenvalue weighted by atomic mass is 35.5. The van der Waals surface area contributed by atoms with Gasteiger partial charge in [0, 0.05) is 24.7 Å². The van der Waals surface area contributed by atoms with E-state index in [-0.39, 0.29) is 18.2 Å². The summed E-state index contributed by atoms with van der Waals surface area (Å²) in [5, 5.41) is 11.2. The number of ether oxygens (including phenoxy) is 1. The lowest BCUT2D eigenvalue weighted by Gasteiger charge is -2.18. The Morgan fingerprint density at radius 3 is 2.56 bits per heavy atom. The summed E-state index contributed by atoms with van der Waals surface area (Å²) >= 11 is 5.72. The molecule has 0 aliphatic carbocycles.